The van der Waals surface area contributed by atoms with Crippen molar-refractivity contribution in [2.45, 2.75) is 38.4 Å². The molecular weight excluding hydrogens is 296 g/mol. The number of aliphatic hydroxyl groups excluding tert-OH is 2. The minimum atomic E-state index is -0.306. The van der Waals surface area contributed by atoms with Gasteiger partial charge in [0.1, 0.15) is 5.82 Å². The summed E-state index contributed by atoms with van der Waals surface area (Å²) in [6.07, 6.45) is 2.13. The van der Waals surface area contributed by atoms with Crippen molar-refractivity contribution in [1.82, 2.24) is 9.97 Å². The molecule has 1 spiro atoms. The van der Waals surface area contributed by atoms with Gasteiger partial charge in [0.15, 0.2) is 0 Å². The second kappa shape index (κ2) is 6.59. The highest BCUT2D eigenvalue weighted by Crippen LogP contribution is 2.51. The second-order valence-electron chi connectivity index (χ2n) is 6.50. The van der Waals surface area contributed by atoms with Gasteiger partial charge in [0.25, 0.3) is 0 Å². The van der Waals surface area contributed by atoms with Gasteiger partial charge in [-0.1, -0.05) is 0 Å². The third-order valence-electron chi connectivity index (χ3n) is 5.23. The van der Waals surface area contributed by atoms with Crippen LogP contribution in [0, 0.1) is 12.3 Å². The molecule has 7 nitrogen and oxygen atoms in total. The Hall–Kier alpha value is -1.44. The van der Waals surface area contributed by atoms with Crippen LogP contribution in [0.2, 0.25) is 0 Å². The lowest BCUT2D eigenvalue weighted by molar-refractivity contribution is -0.203. The van der Waals surface area contributed by atoms with Crippen molar-refractivity contribution in [3.05, 3.63) is 11.8 Å². The number of nitrogens with one attached hydrogen (secondary N) is 1. The molecule has 0 unspecified atom stereocenters. The lowest BCUT2D eigenvalue weighted by atomic mass is 9.58. The number of piperidine rings is 1. The predicted molar refractivity (Wildman–Crippen MR) is 87.6 cm³/mol. The zero-order valence-corrected chi connectivity index (χ0v) is 13.8. The number of anilines is 2. The predicted octanol–water partition coefficient (Wildman–Crippen LogP) is 0.555. The minimum Gasteiger partial charge on any atom is -0.394 e. The number of hydrogen-bond acceptors (Lipinski definition) is 7. The van der Waals surface area contributed by atoms with Crippen LogP contribution in [0.25, 0.3) is 0 Å². The number of hydrogen-bond donors (Lipinski definition) is 3. The largest absolute Gasteiger partial charge is 0.394 e. The van der Waals surface area contributed by atoms with Gasteiger partial charge >= 0.3 is 0 Å². The topological polar surface area (TPSA) is 90.7 Å². The van der Waals surface area contributed by atoms with Crippen molar-refractivity contribution < 1.29 is 14.9 Å². The summed E-state index contributed by atoms with van der Waals surface area (Å²) < 4.78 is 5.72. The molecule has 2 heterocycles. The number of rotatable bonds is 5. The second-order valence-corrected chi connectivity index (χ2v) is 6.50. The maximum atomic E-state index is 10.3. The van der Waals surface area contributed by atoms with E-state index in [2.05, 4.69) is 20.2 Å². The summed E-state index contributed by atoms with van der Waals surface area (Å²) in [4.78, 5) is 11.2. The van der Waals surface area contributed by atoms with E-state index in [-0.39, 0.29) is 24.2 Å². The van der Waals surface area contributed by atoms with Gasteiger partial charge in [0.05, 0.1) is 25.4 Å². The van der Waals surface area contributed by atoms with Crippen molar-refractivity contribution in [3.63, 3.8) is 0 Å². The highest BCUT2D eigenvalue weighted by atomic mass is 16.5. The fourth-order valence-electron chi connectivity index (χ4n) is 3.76. The van der Waals surface area contributed by atoms with E-state index in [0.717, 1.165) is 43.4 Å². The molecule has 2 fully saturated rings. The monoisotopic (exact) mass is 322 g/mol. The van der Waals surface area contributed by atoms with Crippen molar-refractivity contribution in [3.8, 4) is 0 Å². The average Bonchev–Trinajstić information content (AvgIpc) is 2.58. The number of ether oxygens (including phenoxy) is 1. The Labute approximate surface area is 136 Å². The Morgan fingerprint density at radius 3 is 2.74 bits per heavy atom. The maximum Gasteiger partial charge on any atom is 0.227 e. The number of aliphatic hydroxyl groups is 2. The Kier molecular flexibility index (Phi) is 4.70. The van der Waals surface area contributed by atoms with Gasteiger partial charge in [-0.25, -0.2) is 4.98 Å². The molecule has 1 saturated heterocycles. The normalized spacial score (nSPS) is 26.2. The van der Waals surface area contributed by atoms with E-state index in [1.807, 2.05) is 20.0 Å². The van der Waals surface area contributed by atoms with E-state index in [1.165, 1.54) is 0 Å². The van der Waals surface area contributed by atoms with Crippen molar-refractivity contribution in [1.29, 1.82) is 0 Å². The molecule has 1 aromatic rings. The molecule has 0 bridgehead atoms. The molecule has 7 heteroatoms. The van der Waals surface area contributed by atoms with Crippen LogP contribution in [0.1, 0.15) is 25.0 Å². The summed E-state index contributed by atoms with van der Waals surface area (Å²) >= 11 is 0. The maximum absolute atomic E-state index is 10.3. The number of aromatic nitrogens is 2. The molecule has 0 amide bonds. The van der Waals surface area contributed by atoms with E-state index in [1.54, 1.807) is 0 Å². The summed E-state index contributed by atoms with van der Waals surface area (Å²) in [6, 6.07) is 1.92. The summed E-state index contributed by atoms with van der Waals surface area (Å²) in [5.41, 5.74) is 0.772. The zero-order valence-electron chi connectivity index (χ0n) is 13.8. The van der Waals surface area contributed by atoms with Gasteiger partial charge in [-0.15, -0.1) is 0 Å². The van der Waals surface area contributed by atoms with Gasteiger partial charge < -0.3 is 25.2 Å². The van der Waals surface area contributed by atoms with Crippen LogP contribution in [0.4, 0.5) is 11.8 Å². The first-order valence-corrected chi connectivity index (χ1v) is 8.28. The van der Waals surface area contributed by atoms with Crippen LogP contribution in [0.15, 0.2) is 6.07 Å². The minimum absolute atomic E-state index is 0.0265. The average molecular weight is 322 g/mol. The molecule has 3 rings (SSSR count). The lowest BCUT2D eigenvalue weighted by Crippen LogP contribution is -2.62. The van der Waals surface area contributed by atoms with Gasteiger partial charge in [-0.3, -0.25) is 0 Å². The molecule has 2 aliphatic rings. The Morgan fingerprint density at radius 1 is 1.39 bits per heavy atom. The summed E-state index contributed by atoms with van der Waals surface area (Å²) in [7, 11) is 1.85. The first-order valence-electron chi connectivity index (χ1n) is 8.28. The Balaban J connectivity index is 1.67. The fraction of sp³-hybridized carbons (Fsp3) is 0.750. The standard InChI is InChI=1S/C16H26N4O3/c1-11-9-14(17-2)19-15(18-11)20-5-3-16(4-6-20)12(22)10-13(16)23-8-7-21/h9,12-13,21-22H,3-8,10H2,1-2H3,(H,17,18,19)/t12-,13+/m1/s1. The van der Waals surface area contributed by atoms with E-state index in [4.69, 9.17) is 9.84 Å². The van der Waals surface area contributed by atoms with E-state index >= 15 is 0 Å². The lowest BCUT2D eigenvalue weighted by Gasteiger charge is -2.56. The molecule has 3 N–H and O–H groups in total. The van der Waals surface area contributed by atoms with E-state index in [9.17, 15) is 5.11 Å². The Bertz CT molecular complexity index is 546. The first kappa shape index (κ1) is 16.4. The van der Waals surface area contributed by atoms with E-state index in [0.29, 0.717) is 13.0 Å². The fourth-order valence-corrected chi connectivity index (χ4v) is 3.76. The molecule has 1 aliphatic heterocycles. The highest BCUT2D eigenvalue weighted by Gasteiger charge is 2.56. The van der Waals surface area contributed by atoms with Crippen molar-refractivity contribution >= 4 is 11.8 Å². The summed E-state index contributed by atoms with van der Waals surface area (Å²) in [6.45, 7) is 3.95. The third-order valence-corrected chi connectivity index (χ3v) is 5.23. The van der Waals surface area contributed by atoms with Crippen LogP contribution in [0.5, 0.6) is 0 Å². The van der Waals surface area contributed by atoms with Crippen molar-refractivity contribution in [2.24, 2.45) is 5.41 Å². The van der Waals surface area contributed by atoms with Crippen LogP contribution in [0.3, 0.4) is 0 Å². The van der Waals surface area contributed by atoms with Crippen LogP contribution in [-0.4, -0.2) is 65.7 Å². The molecule has 0 radical (unpaired) electrons. The zero-order chi connectivity index (χ0) is 16.4. The Morgan fingerprint density at radius 2 is 2.13 bits per heavy atom. The van der Waals surface area contributed by atoms with Crippen LogP contribution in [-0.2, 0) is 4.74 Å². The smallest absolute Gasteiger partial charge is 0.227 e. The molecule has 128 valence electrons. The van der Waals surface area contributed by atoms with Gasteiger partial charge in [0, 0.05) is 43.7 Å². The molecule has 1 saturated carbocycles. The van der Waals surface area contributed by atoms with Gasteiger partial charge in [0.2, 0.25) is 5.95 Å². The van der Waals surface area contributed by atoms with Crippen LogP contribution < -0.4 is 10.2 Å². The third kappa shape index (κ3) is 3.00. The molecule has 23 heavy (non-hydrogen) atoms. The summed E-state index contributed by atoms with van der Waals surface area (Å²) in [5.74, 6) is 1.56. The van der Waals surface area contributed by atoms with Gasteiger partial charge in [-0.05, 0) is 19.8 Å². The number of nitrogens with zero attached hydrogens (tertiary/aromatic N) is 3. The molecule has 2 atom stereocenters. The van der Waals surface area contributed by atoms with E-state index < -0.39 is 0 Å². The van der Waals surface area contributed by atoms with Crippen LogP contribution >= 0.6 is 0 Å². The first-order chi connectivity index (χ1) is 11.1. The quantitative estimate of drug-likeness (QED) is 0.729. The molecular formula is C16H26N4O3. The molecule has 1 aromatic heterocycles. The highest BCUT2D eigenvalue weighted by molar-refractivity contribution is 5.43. The molecule has 1 aliphatic carbocycles. The SMILES string of the molecule is CNc1cc(C)nc(N2CCC3(CC2)[C@H](O)C[C@@H]3OCCO)n1. The van der Waals surface area contributed by atoms with Crippen molar-refractivity contribution in [2.75, 3.05) is 43.6 Å². The van der Waals surface area contributed by atoms with Gasteiger partial charge in [-0.2, -0.15) is 4.98 Å². The molecule has 0 aromatic carbocycles. The number of aryl methyl sites for hydroxylation is 1. The summed E-state index contributed by atoms with van der Waals surface area (Å²) in [5, 5.41) is 22.3.